The van der Waals surface area contributed by atoms with E-state index < -0.39 is 5.82 Å². The van der Waals surface area contributed by atoms with Crippen LogP contribution in [0.1, 0.15) is 27.0 Å². The lowest BCUT2D eigenvalue weighted by molar-refractivity contribution is 0.0985. The van der Waals surface area contributed by atoms with Crippen molar-refractivity contribution in [2.24, 2.45) is 0 Å². The lowest BCUT2D eigenvalue weighted by atomic mass is 10.1. The Kier molecular flexibility index (Phi) is 5.30. The number of aryl methyl sites for hydroxylation is 2. The van der Waals surface area contributed by atoms with Crippen LogP contribution in [0.15, 0.2) is 54.9 Å². The van der Waals surface area contributed by atoms with Crippen LogP contribution in [0, 0.1) is 19.7 Å². The quantitative estimate of drug-likeness (QED) is 0.406. The first-order valence-corrected chi connectivity index (χ1v) is 10.2. The minimum absolute atomic E-state index is 0.0691. The minimum Gasteiger partial charge on any atom is -0.279 e. The first-order valence-electron chi connectivity index (χ1n) is 8.96. The maximum atomic E-state index is 13.5. The van der Waals surface area contributed by atoms with Crippen molar-refractivity contribution >= 4 is 44.2 Å². The van der Waals surface area contributed by atoms with E-state index in [1.807, 2.05) is 38.1 Å². The number of amides is 1. The van der Waals surface area contributed by atoms with Gasteiger partial charge in [-0.1, -0.05) is 41.1 Å². The SMILES string of the molecule is Cc1ccc(C)c2sc(N(Cc3cccnc3)C(=O)c3ccc(F)cc3Cl)nc12. The molecule has 0 spiro atoms. The van der Waals surface area contributed by atoms with Gasteiger partial charge in [-0.15, -0.1) is 0 Å². The molecule has 4 aromatic rings. The van der Waals surface area contributed by atoms with Crippen molar-refractivity contribution in [2.45, 2.75) is 20.4 Å². The Bertz CT molecular complexity index is 1170. The van der Waals surface area contributed by atoms with E-state index in [4.69, 9.17) is 16.6 Å². The van der Waals surface area contributed by atoms with Crippen LogP contribution in [-0.4, -0.2) is 15.9 Å². The molecule has 0 atom stereocenters. The molecule has 0 saturated heterocycles. The summed E-state index contributed by atoms with van der Waals surface area (Å²) in [7, 11) is 0. The highest BCUT2D eigenvalue weighted by molar-refractivity contribution is 7.22. The lowest BCUT2D eigenvalue weighted by Gasteiger charge is -2.20. The highest BCUT2D eigenvalue weighted by Gasteiger charge is 2.24. The molecule has 0 fully saturated rings. The molecule has 0 aliphatic heterocycles. The van der Waals surface area contributed by atoms with Gasteiger partial charge >= 0.3 is 0 Å². The molecular weight excluding hydrogens is 409 g/mol. The first kappa shape index (κ1) is 19.5. The number of hydrogen-bond donors (Lipinski definition) is 0. The molecule has 4 rings (SSSR count). The van der Waals surface area contributed by atoms with Crippen LogP contribution in [-0.2, 0) is 6.54 Å². The standard InChI is InChI=1S/C22H17ClFN3OS/c1-13-5-6-14(2)20-19(13)26-22(29-20)27(12-15-4-3-9-25-11-15)21(28)17-8-7-16(24)10-18(17)23/h3-11H,12H2,1-2H3. The fraction of sp³-hybridized carbons (Fsp3) is 0.136. The second-order valence-corrected chi connectivity index (χ2v) is 8.13. The van der Waals surface area contributed by atoms with Gasteiger partial charge in [0.25, 0.3) is 5.91 Å². The van der Waals surface area contributed by atoms with Crippen LogP contribution < -0.4 is 4.90 Å². The van der Waals surface area contributed by atoms with E-state index >= 15 is 0 Å². The third-order valence-corrected chi connectivity index (χ3v) is 6.16. The number of benzene rings is 2. The fourth-order valence-corrected chi connectivity index (χ4v) is 4.43. The molecule has 7 heteroatoms. The Morgan fingerprint density at radius 1 is 1.17 bits per heavy atom. The predicted molar refractivity (Wildman–Crippen MR) is 115 cm³/mol. The number of nitrogens with zero attached hydrogens (tertiary/aromatic N) is 3. The highest BCUT2D eigenvalue weighted by atomic mass is 35.5. The molecular formula is C22H17ClFN3OS. The summed E-state index contributed by atoms with van der Waals surface area (Å²) in [6, 6.07) is 11.5. The summed E-state index contributed by atoms with van der Waals surface area (Å²) in [6.45, 7) is 4.29. The largest absolute Gasteiger partial charge is 0.279 e. The summed E-state index contributed by atoms with van der Waals surface area (Å²) in [4.78, 5) is 23.8. The number of carbonyl (C=O) groups is 1. The van der Waals surface area contributed by atoms with E-state index in [0.717, 1.165) is 33.0 Å². The third-order valence-electron chi connectivity index (χ3n) is 4.63. The van der Waals surface area contributed by atoms with Gasteiger partial charge in [-0.3, -0.25) is 14.7 Å². The molecule has 0 aliphatic rings. The second kappa shape index (κ2) is 7.89. The van der Waals surface area contributed by atoms with Crippen molar-refractivity contribution in [3.8, 4) is 0 Å². The maximum Gasteiger partial charge on any atom is 0.261 e. The molecule has 0 bridgehead atoms. The molecule has 4 nitrogen and oxygen atoms in total. The van der Waals surface area contributed by atoms with E-state index in [0.29, 0.717) is 5.13 Å². The summed E-state index contributed by atoms with van der Waals surface area (Å²) < 4.78 is 14.5. The Morgan fingerprint density at radius 2 is 1.97 bits per heavy atom. The number of carbonyl (C=O) groups excluding carboxylic acids is 1. The predicted octanol–water partition coefficient (Wildman–Crippen LogP) is 5.95. The Balaban J connectivity index is 1.83. The molecule has 2 heterocycles. The zero-order chi connectivity index (χ0) is 20.5. The number of anilines is 1. The normalized spacial score (nSPS) is 11.0. The molecule has 2 aromatic carbocycles. The van der Waals surface area contributed by atoms with Crippen molar-refractivity contribution in [1.82, 2.24) is 9.97 Å². The summed E-state index contributed by atoms with van der Waals surface area (Å²) in [5.41, 5.74) is 4.10. The van der Waals surface area contributed by atoms with E-state index in [9.17, 15) is 9.18 Å². The molecule has 0 saturated carbocycles. The van der Waals surface area contributed by atoms with Gasteiger partial charge in [-0.2, -0.15) is 0 Å². The zero-order valence-corrected chi connectivity index (χ0v) is 17.4. The molecule has 0 N–H and O–H groups in total. The molecule has 0 unspecified atom stereocenters. The smallest absolute Gasteiger partial charge is 0.261 e. The summed E-state index contributed by atoms with van der Waals surface area (Å²) >= 11 is 7.63. The number of pyridine rings is 1. The Morgan fingerprint density at radius 3 is 2.66 bits per heavy atom. The molecule has 146 valence electrons. The highest BCUT2D eigenvalue weighted by Crippen LogP contribution is 2.35. The van der Waals surface area contributed by atoms with E-state index in [1.54, 1.807) is 17.3 Å². The number of halogens is 2. The van der Waals surface area contributed by atoms with E-state index in [2.05, 4.69) is 4.98 Å². The van der Waals surface area contributed by atoms with E-state index in [1.165, 1.54) is 23.5 Å². The Hall–Kier alpha value is -2.83. The number of rotatable bonds is 4. The van der Waals surface area contributed by atoms with Crippen LogP contribution >= 0.6 is 22.9 Å². The van der Waals surface area contributed by atoms with Crippen LogP contribution in [0.3, 0.4) is 0 Å². The number of aromatic nitrogens is 2. The lowest BCUT2D eigenvalue weighted by Crippen LogP contribution is -2.30. The van der Waals surface area contributed by atoms with Crippen molar-refractivity contribution < 1.29 is 9.18 Å². The van der Waals surface area contributed by atoms with Gasteiger partial charge in [-0.05, 0) is 54.8 Å². The van der Waals surface area contributed by atoms with Gasteiger partial charge in [-0.25, -0.2) is 9.37 Å². The Labute approximate surface area is 176 Å². The van der Waals surface area contributed by atoms with Crippen LogP contribution in [0.2, 0.25) is 5.02 Å². The zero-order valence-electron chi connectivity index (χ0n) is 15.8. The topological polar surface area (TPSA) is 46.1 Å². The summed E-state index contributed by atoms with van der Waals surface area (Å²) in [5.74, 6) is -0.829. The summed E-state index contributed by atoms with van der Waals surface area (Å²) in [6.07, 6.45) is 3.38. The van der Waals surface area contributed by atoms with Gasteiger partial charge in [0.1, 0.15) is 5.82 Å². The maximum absolute atomic E-state index is 13.5. The molecule has 1 amide bonds. The molecule has 0 aliphatic carbocycles. The number of hydrogen-bond acceptors (Lipinski definition) is 4. The van der Waals surface area contributed by atoms with Crippen molar-refractivity contribution in [3.05, 3.63) is 88.0 Å². The van der Waals surface area contributed by atoms with E-state index in [-0.39, 0.29) is 23.0 Å². The van der Waals surface area contributed by atoms with Gasteiger partial charge < -0.3 is 0 Å². The van der Waals surface area contributed by atoms with Crippen LogP contribution in [0.25, 0.3) is 10.2 Å². The van der Waals surface area contributed by atoms with Crippen LogP contribution in [0.4, 0.5) is 9.52 Å². The number of fused-ring (bicyclic) bond motifs is 1. The average Bonchev–Trinajstić information content (AvgIpc) is 3.16. The molecule has 29 heavy (non-hydrogen) atoms. The monoisotopic (exact) mass is 425 g/mol. The number of thiazole rings is 1. The van der Waals surface area contributed by atoms with Gasteiger partial charge in [0.15, 0.2) is 5.13 Å². The van der Waals surface area contributed by atoms with Gasteiger partial charge in [0.2, 0.25) is 0 Å². The van der Waals surface area contributed by atoms with Crippen molar-refractivity contribution in [2.75, 3.05) is 4.90 Å². The summed E-state index contributed by atoms with van der Waals surface area (Å²) in [5, 5.41) is 0.631. The average molecular weight is 426 g/mol. The fourth-order valence-electron chi connectivity index (χ4n) is 3.07. The van der Waals surface area contributed by atoms with Crippen molar-refractivity contribution in [3.63, 3.8) is 0 Å². The third kappa shape index (κ3) is 3.86. The first-order chi connectivity index (χ1) is 13.9. The second-order valence-electron chi connectivity index (χ2n) is 6.75. The minimum atomic E-state index is -0.489. The van der Waals surface area contributed by atoms with Crippen LogP contribution in [0.5, 0.6) is 0 Å². The molecule has 2 aromatic heterocycles. The van der Waals surface area contributed by atoms with Gasteiger partial charge in [0.05, 0.1) is 27.3 Å². The van der Waals surface area contributed by atoms with Gasteiger partial charge in [0, 0.05) is 12.4 Å². The molecule has 0 radical (unpaired) electrons. The van der Waals surface area contributed by atoms with Crippen molar-refractivity contribution in [1.29, 1.82) is 0 Å².